The number of piperidine rings is 1. The Balaban J connectivity index is 1.99. The summed E-state index contributed by atoms with van der Waals surface area (Å²) < 4.78 is 0.996. The van der Waals surface area contributed by atoms with Crippen molar-refractivity contribution in [3.05, 3.63) is 33.3 Å². The van der Waals surface area contributed by atoms with E-state index in [4.69, 9.17) is 11.6 Å². The molecule has 1 N–H and O–H groups in total. The van der Waals surface area contributed by atoms with E-state index in [9.17, 15) is 0 Å². The summed E-state index contributed by atoms with van der Waals surface area (Å²) >= 11 is 9.56. The topological polar surface area (TPSA) is 15.3 Å². The molecule has 1 atom stereocenters. The van der Waals surface area contributed by atoms with Crippen LogP contribution in [-0.4, -0.2) is 31.1 Å². The molecule has 2 rings (SSSR count). The first-order valence-electron chi connectivity index (χ1n) is 7.03. The molecular weight excluding hydrogens is 324 g/mol. The summed E-state index contributed by atoms with van der Waals surface area (Å²) in [4.78, 5) is 2.62. The molecule has 2 nitrogen and oxygen atoms in total. The number of likely N-dealkylation sites (tertiary alicyclic amines) is 1. The third kappa shape index (κ3) is 4.45. The summed E-state index contributed by atoms with van der Waals surface area (Å²) in [5.41, 5.74) is 1.34. The van der Waals surface area contributed by atoms with Crippen molar-refractivity contribution in [2.24, 2.45) is 0 Å². The Morgan fingerprint density at radius 2 is 2.26 bits per heavy atom. The molecule has 0 bridgehead atoms. The Morgan fingerprint density at radius 1 is 1.42 bits per heavy atom. The van der Waals surface area contributed by atoms with Crippen LogP contribution in [0.4, 0.5) is 0 Å². The Bertz CT molecular complexity index is 411. The van der Waals surface area contributed by atoms with Crippen molar-refractivity contribution in [3.8, 4) is 0 Å². The highest BCUT2D eigenvalue weighted by Crippen LogP contribution is 2.26. The van der Waals surface area contributed by atoms with Gasteiger partial charge in [-0.2, -0.15) is 0 Å². The Labute approximate surface area is 129 Å². The minimum absolute atomic E-state index is 0.718. The first-order chi connectivity index (χ1) is 9.20. The largest absolute Gasteiger partial charge is 0.320 e. The highest BCUT2D eigenvalue weighted by Gasteiger charge is 2.21. The quantitative estimate of drug-likeness (QED) is 0.865. The van der Waals surface area contributed by atoms with Gasteiger partial charge in [-0.15, -0.1) is 0 Å². The van der Waals surface area contributed by atoms with Gasteiger partial charge >= 0.3 is 0 Å². The summed E-state index contributed by atoms with van der Waals surface area (Å²) in [6, 6.07) is 6.98. The minimum Gasteiger partial charge on any atom is -0.320 e. The van der Waals surface area contributed by atoms with E-state index in [0.717, 1.165) is 28.6 Å². The lowest BCUT2D eigenvalue weighted by atomic mass is 9.98. The maximum atomic E-state index is 6.05. The van der Waals surface area contributed by atoms with E-state index < -0.39 is 0 Å². The first kappa shape index (κ1) is 15.3. The summed E-state index contributed by atoms with van der Waals surface area (Å²) in [5.74, 6) is 0. The van der Waals surface area contributed by atoms with Crippen LogP contribution in [0.15, 0.2) is 22.7 Å². The fourth-order valence-electron chi connectivity index (χ4n) is 2.78. The van der Waals surface area contributed by atoms with Gasteiger partial charge in [0.05, 0.1) is 5.02 Å². The van der Waals surface area contributed by atoms with Crippen LogP contribution in [0.5, 0.6) is 0 Å². The number of hydrogen-bond acceptors (Lipinski definition) is 2. The van der Waals surface area contributed by atoms with E-state index in [2.05, 4.69) is 38.3 Å². The predicted molar refractivity (Wildman–Crippen MR) is 85.7 cm³/mol. The summed E-state index contributed by atoms with van der Waals surface area (Å²) in [6.07, 6.45) is 5.27. The van der Waals surface area contributed by atoms with Gasteiger partial charge in [-0.05, 0) is 73.0 Å². The first-order valence-corrected chi connectivity index (χ1v) is 8.20. The van der Waals surface area contributed by atoms with Crippen molar-refractivity contribution >= 4 is 27.5 Å². The molecule has 1 aliphatic heterocycles. The molecule has 0 amide bonds. The number of nitrogens with zero attached hydrogens (tertiary/aromatic N) is 1. The number of hydrogen-bond donors (Lipinski definition) is 1. The third-order valence-electron chi connectivity index (χ3n) is 3.85. The Kier molecular flexibility index (Phi) is 6.14. The van der Waals surface area contributed by atoms with Gasteiger partial charge in [0.1, 0.15) is 0 Å². The molecule has 1 unspecified atom stereocenters. The third-order valence-corrected chi connectivity index (χ3v) is 5.06. The zero-order valence-corrected chi connectivity index (χ0v) is 13.8. The summed E-state index contributed by atoms with van der Waals surface area (Å²) in [5, 5.41) is 4.05. The number of nitrogens with one attached hydrogen (secondary N) is 1. The van der Waals surface area contributed by atoms with Crippen molar-refractivity contribution < 1.29 is 0 Å². The number of rotatable bonds is 5. The summed E-state index contributed by atoms with van der Waals surface area (Å²) in [7, 11) is 2.03. The zero-order valence-electron chi connectivity index (χ0n) is 11.5. The van der Waals surface area contributed by atoms with Gasteiger partial charge < -0.3 is 5.32 Å². The molecule has 0 radical (unpaired) electrons. The lowest BCUT2D eigenvalue weighted by molar-refractivity contribution is 0.132. The Hall–Kier alpha value is -0.0900. The lowest BCUT2D eigenvalue weighted by Gasteiger charge is -2.36. The molecule has 1 aliphatic rings. The lowest BCUT2D eigenvalue weighted by Crippen LogP contribution is -2.40. The summed E-state index contributed by atoms with van der Waals surface area (Å²) in [6.45, 7) is 3.35. The molecule has 0 spiro atoms. The van der Waals surface area contributed by atoms with Crippen LogP contribution >= 0.6 is 27.5 Å². The molecule has 19 heavy (non-hydrogen) atoms. The van der Waals surface area contributed by atoms with Crippen molar-refractivity contribution in [3.63, 3.8) is 0 Å². The van der Waals surface area contributed by atoms with Crippen molar-refractivity contribution in [1.82, 2.24) is 10.2 Å². The van der Waals surface area contributed by atoms with Crippen molar-refractivity contribution in [1.29, 1.82) is 0 Å². The molecule has 1 fully saturated rings. The average molecular weight is 346 g/mol. The molecule has 106 valence electrons. The SMILES string of the molecule is CNCCC1CCCCN1Cc1ccc(Cl)c(Br)c1. The molecule has 1 heterocycles. The second-order valence-corrected chi connectivity index (χ2v) is 6.52. The van der Waals surface area contributed by atoms with Crippen LogP contribution in [0.1, 0.15) is 31.2 Å². The van der Waals surface area contributed by atoms with Crippen molar-refractivity contribution in [2.45, 2.75) is 38.3 Å². The van der Waals surface area contributed by atoms with Gasteiger partial charge in [-0.1, -0.05) is 24.1 Å². The van der Waals surface area contributed by atoms with Crippen LogP contribution < -0.4 is 5.32 Å². The minimum atomic E-state index is 0.718. The molecular formula is C15H22BrClN2. The highest BCUT2D eigenvalue weighted by atomic mass is 79.9. The Morgan fingerprint density at radius 3 is 3.00 bits per heavy atom. The molecule has 0 aliphatic carbocycles. The van der Waals surface area contributed by atoms with E-state index in [1.165, 1.54) is 37.8 Å². The second-order valence-electron chi connectivity index (χ2n) is 5.26. The van der Waals surface area contributed by atoms with E-state index in [0.29, 0.717) is 0 Å². The zero-order chi connectivity index (χ0) is 13.7. The highest BCUT2D eigenvalue weighted by molar-refractivity contribution is 9.10. The molecule has 0 aromatic heterocycles. The van der Waals surface area contributed by atoms with Gasteiger partial charge in [-0.3, -0.25) is 4.90 Å². The van der Waals surface area contributed by atoms with Gasteiger partial charge in [0.2, 0.25) is 0 Å². The van der Waals surface area contributed by atoms with E-state index in [1.807, 2.05) is 13.1 Å². The average Bonchev–Trinajstić information content (AvgIpc) is 2.42. The van der Waals surface area contributed by atoms with E-state index >= 15 is 0 Å². The molecule has 1 saturated heterocycles. The molecule has 0 saturated carbocycles. The van der Waals surface area contributed by atoms with Crippen LogP contribution in [0.2, 0.25) is 5.02 Å². The number of benzene rings is 1. The maximum Gasteiger partial charge on any atom is 0.0548 e. The number of halogens is 2. The van der Waals surface area contributed by atoms with Crippen molar-refractivity contribution in [2.75, 3.05) is 20.1 Å². The monoisotopic (exact) mass is 344 g/mol. The van der Waals surface area contributed by atoms with E-state index in [1.54, 1.807) is 0 Å². The van der Waals surface area contributed by atoms with Crippen LogP contribution in [0.3, 0.4) is 0 Å². The van der Waals surface area contributed by atoms with Gasteiger partial charge in [-0.25, -0.2) is 0 Å². The predicted octanol–water partition coefficient (Wildman–Crippen LogP) is 4.07. The molecule has 4 heteroatoms. The van der Waals surface area contributed by atoms with Crippen LogP contribution in [0.25, 0.3) is 0 Å². The van der Waals surface area contributed by atoms with Crippen LogP contribution in [0, 0.1) is 0 Å². The normalized spacial score (nSPS) is 20.7. The van der Waals surface area contributed by atoms with E-state index in [-0.39, 0.29) is 0 Å². The van der Waals surface area contributed by atoms with Gasteiger partial charge in [0, 0.05) is 17.1 Å². The van der Waals surface area contributed by atoms with Gasteiger partial charge in [0.25, 0.3) is 0 Å². The molecule has 1 aromatic carbocycles. The fraction of sp³-hybridized carbons (Fsp3) is 0.600. The second kappa shape index (κ2) is 7.63. The van der Waals surface area contributed by atoms with Gasteiger partial charge in [0.15, 0.2) is 0 Å². The fourth-order valence-corrected chi connectivity index (χ4v) is 3.32. The van der Waals surface area contributed by atoms with Crippen LogP contribution in [-0.2, 0) is 6.54 Å². The standard InChI is InChI=1S/C15H22BrClN2/c1-18-8-7-13-4-2-3-9-19(13)11-12-5-6-15(17)14(16)10-12/h5-6,10,13,18H,2-4,7-9,11H2,1H3. The molecule has 1 aromatic rings. The smallest absolute Gasteiger partial charge is 0.0548 e. The maximum absolute atomic E-state index is 6.05.